The Hall–Kier alpha value is -4.39. The first-order valence-electron chi connectivity index (χ1n) is 24.7. The van der Waals surface area contributed by atoms with E-state index in [1.807, 2.05) is 122 Å². The molecular weight excluding hydrogens is 952 g/mol. The zero-order valence-electron chi connectivity index (χ0n) is 42.5. The number of rotatable bonds is 8. The lowest BCUT2D eigenvalue weighted by molar-refractivity contribution is 0.0213. The number of halogens is 1. The van der Waals surface area contributed by atoms with Gasteiger partial charge in [-0.1, -0.05) is 48.5 Å². The number of likely N-dealkylation sites (tertiary alicyclic amines) is 1. The van der Waals surface area contributed by atoms with Crippen LogP contribution in [0.5, 0.6) is 0 Å². The average molecular weight is 1030 g/mol. The van der Waals surface area contributed by atoms with Gasteiger partial charge in [0.15, 0.2) is 19.7 Å². The minimum absolute atomic E-state index is 0. The van der Waals surface area contributed by atoms with Crippen LogP contribution in [0.2, 0.25) is 0 Å². The number of benzene rings is 4. The lowest BCUT2D eigenvalue weighted by Crippen LogP contribution is -2.50. The molecule has 0 unspecified atom stereocenters. The summed E-state index contributed by atoms with van der Waals surface area (Å²) in [7, 11) is -6.93. The number of nitrogens with zero attached hydrogens (tertiary/aromatic N) is 4. The Morgan fingerprint density at radius 2 is 0.886 bits per heavy atom. The van der Waals surface area contributed by atoms with Crippen LogP contribution in [0.1, 0.15) is 81.1 Å². The second-order valence-corrected chi connectivity index (χ2v) is 24.3. The summed E-state index contributed by atoms with van der Waals surface area (Å²) in [6.45, 7) is 25.0. The normalized spacial score (nSPS) is 17.7. The summed E-state index contributed by atoms with van der Waals surface area (Å²) < 4.78 is 69.9. The van der Waals surface area contributed by atoms with Gasteiger partial charge in [0.1, 0.15) is 11.2 Å². The Morgan fingerprint density at radius 3 is 1.29 bits per heavy atom. The van der Waals surface area contributed by atoms with Crippen LogP contribution in [-0.2, 0) is 33.9 Å². The van der Waals surface area contributed by atoms with E-state index in [-0.39, 0.29) is 23.8 Å². The van der Waals surface area contributed by atoms with E-state index in [0.717, 1.165) is 80.0 Å². The van der Waals surface area contributed by atoms with Gasteiger partial charge >= 0.3 is 12.2 Å². The van der Waals surface area contributed by atoms with Crippen LogP contribution in [0.3, 0.4) is 0 Å². The van der Waals surface area contributed by atoms with E-state index in [9.17, 15) is 26.4 Å². The van der Waals surface area contributed by atoms with Crippen LogP contribution < -0.4 is 20.4 Å². The van der Waals surface area contributed by atoms with E-state index in [0.29, 0.717) is 80.1 Å². The zero-order chi connectivity index (χ0) is 50.0. The summed E-state index contributed by atoms with van der Waals surface area (Å²) in [4.78, 5) is 33.6. The molecule has 388 valence electrons. The number of carbonyl (C=O) groups is 2. The maximum absolute atomic E-state index is 13.8. The maximum Gasteiger partial charge on any atom is 0.410 e. The summed E-state index contributed by atoms with van der Waals surface area (Å²) in [5, 5.41) is 9.24. The highest BCUT2D eigenvalue weighted by Gasteiger charge is 2.36. The SMILES string of the molecule is CC(C)(C)OC(=O)N1CCC(S(=O)(=O)c2ccc(N3CCN(C(=O)OC(C)(C)C)CC3)c3ccccc23)CC1.CCOCC.Cl.O=S(=O)(c1ccc(N2CCNCC2)c2ccccc12)C1CCNCC1. The van der Waals surface area contributed by atoms with Crippen molar-refractivity contribution >= 4 is 77.2 Å². The van der Waals surface area contributed by atoms with Crippen molar-refractivity contribution in [1.82, 2.24) is 20.4 Å². The van der Waals surface area contributed by atoms with Crippen LogP contribution in [0, 0.1) is 0 Å². The van der Waals surface area contributed by atoms with Gasteiger partial charge in [0.2, 0.25) is 0 Å². The molecule has 4 saturated heterocycles. The largest absolute Gasteiger partial charge is 0.444 e. The van der Waals surface area contributed by atoms with E-state index < -0.39 is 42.2 Å². The molecule has 0 spiro atoms. The molecule has 4 heterocycles. The molecule has 0 saturated carbocycles. The van der Waals surface area contributed by atoms with Gasteiger partial charge < -0.3 is 44.4 Å². The van der Waals surface area contributed by atoms with Crippen molar-refractivity contribution in [2.45, 2.75) is 113 Å². The van der Waals surface area contributed by atoms with Crippen LogP contribution in [0.25, 0.3) is 21.5 Å². The summed E-state index contributed by atoms with van der Waals surface area (Å²) in [5.74, 6) is 0. The number of piperazine rings is 2. The summed E-state index contributed by atoms with van der Waals surface area (Å²) >= 11 is 0. The van der Waals surface area contributed by atoms with E-state index in [4.69, 9.17) is 14.2 Å². The minimum Gasteiger partial charge on any atom is -0.444 e. The highest BCUT2D eigenvalue weighted by atomic mass is 35.5. The number of amides is 2. The average Bonchev–Trinajstić information content (AvgIpc) is 3.33. The van der Waals surface area contributed by atoms with Crippen molar-refractivity contribution in [1.29, 1.82) is 0 Å². The first-order valence-corrected chi connectivity index (χ1v) is 27.8. The fourth-order valence-corrected chi connectivity index (χ4v) is 13.2. The van der Waals surface area contributed by atoms with Crippen LogP contribution in [0.15, 0.2) is 82.6 Å². The molecule has 2 amide bonds. The molecule has 4 aliphatic rings. The van der Waals surface area contributed by atoms with E-state index in [1.165, 1.54) is 0 Å². The standard InChI is InChI=1S/C29H41N3O6S.C19H25N3O2S.C4H10O.ClH/c1-28(2,3)37-26(33)31-15-13-21(14-16-31)39(35,36)25-12-11-24(22-9-7-8-10-23(22)25)30-17-19-32(20-18-30)27(34)38-29(4,5)6;23-25(24,15-7-9-20-10-8-15)19-6-5-18(22-13-11-21-12-14-22)16-3-1-2-4-17(16)19;1-3-5-4-2;/h7-12,21H,13-20H2,1-6H3;1-6,15,20-21H,7-14H2;3-4H2,1-2H3;1H. The summed E-state index contributed by atoms with van der Waals surface area (Å²) in [6.07, 6.45) is 1.40. The Bertz CT molecular complexity index is 2570. The molecule has 0 aliphatic carbocycles. The fourth-order valence-electron chi connectivity index (χ4n) is 9.27. The van der Waals surface area contributed by atoms with Gasteiger partial charge in [-0.3, -0.25) is 0 Å². The minimum atomic E-state index is -3.62. The lowest BCUT2D eigenvalue weighted by Gasteiger charge is -2.37. The monoisotopic (exact) mass is 1030 g/mol. The Labute approximate surface area is 423 Å². The lowest BCUT2D eigenvalue weighted by atomic mass is 10.1. The van der Waals surface area contributed by atoms with Crippen molar-refractivity contribution < 1.29 is 40.6 Å². The topological polar surface area (TPSA) is 167 Å². The van der Waals surface area contributed by atoms with Gasteiger partial charge in [-0.2, -0.15) is 0 Å². The molecule has 8 rings (SSSR count). The Kier molecular flexibility index (Phi) is 20.0. The van der Waals surface area contributed by atoms with Gasteiger partial charge in [-0.05, 0) is 118 Å². The predicted molar refractivity (Wildman–Crippen MR) is 284 cm³/mol. The number of nitrogens with one attached hydrogen (secondary N) is 2. The molecule has 0 bridgehead atoms. The number of hydrogen-bond donors (Lipinski definition) is 2. The van der Waals surface area contributed by atoms with Gasteiger partial charge in [0, 0.05) is 112 Å². The third-order valence-electron chi connectivity index (χ3n) is 12.7. The molecule has 18 heteroatoms. The molecule has 4 aromatic rings. The first-order chi connectivity index (χ1) is 32.7. The van der Waals surface area contributed by atoms with Gasteiger partial charge in [-0.15, -0.1) is 12.4 Å². The third-order valence-corrected chi connectivity index (χ3v) is 17.4. The van der Waals surface area contributed by atoms with Crippen molar-refractivity contribution in [2.75, 3.05) is 102 Å². The van der Waals surface area contributed by atoms with Crippen molar-refractivity contribution in [3.63, 3.8) is 0 Å². The van der Waals surface area contributed by atoms with Crippen LogP contribution >= 0.6 is 12.4 Å². The molecule has 4 fully saturated rings. The molecule has 2 N–H and O–H groups in total. The number of hydrogen-bond acceptors (Lipinski definition) is 13. The molecule has 4 aromatic carbocycles. The predicted octanol–water partition coefficient (Wildman–Crippen LogP) is 8.31. The summed E-state index contributed by atoms with van der Waals surface area (Å²) in [5.41, 5.74) is 0.954. The highest BCUT2D eigenvalue weighted by Crippen LogP contribution is 2.37. The van der Waals surface area contributed by atoms with E-state index >= 15 is 0 Å². The molecular formula is C52H77ClN6O9S2. The molecule has 0 aromatic heterocycles. The first kappa shape index (κ1) is 56.5. The van der Waals surface area contributed by atoms with Gasteiger partial charge in [-0.25, -0.2) is 26.4 Å². The second-order valence-electron chi connectivity index (χ2n) is 19.9. The zero-order valence-corrected chi connectivity index (χ0v) is 44.9. The molecule has 4 aliphatic heterocycles. The van der Waals surface area contributed by atoms with Crippen molar-refractivity contribution in [2.24, 2.45) is 0 Å². The van der Waals surface area contributed by atoms with Gasteiger partial charge in [0.25, 0.3) is 0 Å². The number of carbonyl (C=O) groups excluding carboxylic acids is 2. The number of anilines is 2. The molecule has 70 heavy (non-hydrogen) atoms. The molecule has 0 radical (unpaired) electrons. The Balaban J connectivity index is 0.000000251. The number of ether oxygens (including phenoxy) is 3. The highest BCUT2D eigenvalue weighted by molar-refractivity contribution is 7.92. The maximum atomic E-state index is 13.8. The van der Waals surface area contributed by atoms with Gasteiger partial charge in [0.05, 0.1) is 20.3 Å². The third kappa shape index (κ3) is 14.4. The second kappa shape index (κ2) is 24.8. The van der Waals surface area contributed by atoms with Crippen LogP contribution in [-0.4, -0.2) is 152 Å². The number of piperidine rings is 2. The number of sulfone groups is 2. The quantitative estimate of drug-likeness (QED) is 0.173. The molecule has 0 atom stereocenters. The summed E-state index contributed by atoms with van der Waals surface area (Å²) in [6, 6.07) is 23.0. The van der Waals surface area contributed by atoms with Crippen LogP contribution in [0.4, 0.5) is 21.0 Å². The van der Waals surface area contributed by atoms with E-state index in [2.05, 4.69) is 20.4 Å². The number of fused-ring (bicyclic) bond motifs is 2. The smallest absolute Gasteiger partial charge is 0.410 e. The van der Waals surface area contributed by atoms with E-state index in [1.54, 1.807) is 15.9 Å². The fraction of sp³-hybridized carbons (Fsp3) is 0.577. The van der Waals surface area contributed by atoms with Crippen molar-refractivity contribution in [3.05, 3.63) is 72.8 Å². The Morgan fingerprint density at radius 1 is 0.514 bits per heavy atom. The van der Waals surface area contributed by atoms with Crippen molar-refractivity contribution in [3.8, 4) is 0 Å². The molecule has 15 nitrogen and oxygen atoms in total.